The van der Waals surface area contributed by atoms with E-state index in [1.54, 1.807) is 0 Å². The molecule has 2 aliphatic rings. The van der Waals surface area contributed by atoms with Gasteiger partial charge in [-0.05, 0) is 39.0 Å². The molecule has 0 aromatic rings. The van der Waals surface area contributed by atoms with E-state index < -0.39 is 10.8 Å². The third-order valence-corrected chi connectivity index (χ3v) is 6.07. The predicted molar refractivity (Wildman–Crippen MR) is 87.5 cm³/mol. The highest BCUT2D eigenvalue weighted by Gasteiger charge is 2.32. The van der Waals surface area contributed by atoms with Crippen molar-refractivity contribution in [2.75, 3.05) is 25.1 Å². The lowest BCUT2D eigenvalue weighted by atomic mass is 9.82. The minimum atomic E-state index is -0.657. The first-order valence-corrected chi connectivity index (χ1v) is 10.1. The van der Waals surface area contributed by atoms with Gasteiger partial charge in [-0.25, -0.2) is 0 Å². The molecule has 1 saturated heterocycles. The standard InChI is InChI=1S/C16H32N2OS/c1-13(9-10-20(3)19)18-12-16(17-11-14(18)2)15-7-5-4-6-8-15/h13-17H,4-12H2,1-3H3. The van der Waals surface area contributed by atoms with Crippen molar-refractivity contribution in [2.45, 2.75) is 70.5 Å². The lowest BCUT2D eigenvalue weighted by Gasteiger charge is -2.45. The topological polar surface area (TPSA) is 32.3 Å². The summed E-state index contributed by atoms with van der Waals surface area (Å²) in [5.41, 5.74) is 0. The first kappa shape index (κ1) is 16.4. The highest BCUT2D eigenvalue weighted by Crippen LogP contribution is 2.29. The molecule has 1 heterocycles. The fraction of sp³-hybridized carbons (Fsp3) is 1.00. The molecule has 0 aromatic heterocycles. The zero-order valence-electron chi connectivity index (χ0n) is 13.4. The maximum Gasteiger partial charge on any atom is 0.0246 e. The van der Waals surface area contributed by atoms with Gasteiger partial charge < -0.3 is 5.32 Å². The second-order valence-electron chi connectivity index (χ2n) is 6.87. The predicted octanol–water partition coefficient (Wildman–Crippen LogP) is 2.39. The van der Waals surface area contributed by atoms with Crippen molar-refractivity contribution in [2.24, 2.45) is 5.92 Å². The Balaban J connectivity index is 1.88. The van der Waals surface area contributed by atoms with E-state index in [-0.39, 0.29) is 0 Å². The van der Waals surface area contributed by atoms with Gasteiger partial charge in [0.25, 0.3) is 0 Å². The van der Waals surface area contributed by atoms with Gasteiger partial charge in [0.2, 0.25) is 0 Å². The molecule has 1 saturated carbocycles. The quantitative estimate of drug-likeness (QED) is 0.846. The van der Waals surface area contributed by atoms with Crippen LogP contribution in [0.25, 0.3) is 0 Å². The van der Waals surface area contributed by atoms with Crippen molar-refractivity contribution < 1.29 is 4.21 Å². The number of hydrogen-bond acceptors (Lipinski definition) is 3. The largest absolute Gasteiger partial charge is 0.311 e. The molecule has 0 spiro atoms. The monoisotopic (exact) mass is 300 g/mol. The summed E-state index contributed by atoms with van der Waals surface area (Å²) < 4.78 is 11.3. The van der Waals surface area contributed by atoms with Gasteiger partial charge >= 0.3 is 0 Å². The summed E-state index contributed by atoms with van der Waals surface area (Å²) in [5, 5.41) is 3.79. The molecule has 1 N–H and O–H groups in total. The molecule has 2 rings (SSSR count). The second kappa shape index (κ2) is 7.90. The number of rotatable bonds is 5. The summed E-state index contributed by atoms with van der Waals surface area (Å²) >= 11 is 0. The highest BCUT2D eigenvalue weighted by molar-refractivity contribution is 7.84. The van der Waals surface area contributed by atoms with Gasteiger partial charge in [0.1, 0.15) is 0 Å². The van der Waals surface area contributed by atoms with Crippen LogP contribution in [0.5, 0.6) is 0 Å². The summed E-state index contributed by atoms with van der Waals surface area (Å²) in [5.74, 6) is 1.72. The molecule has 0 bridgehead atoms. The van der Waals surface area contributed by atoms with E-state index >= 15 is 0 Å². The van der Waals surface area contributed by atoms with Gasteiger partial charge in [0.05, 0.1) is 0 Å². The minimum absolute atomic E-state index is 0.557. The van der Waals surface area contributed by atoms with Gasteiger partial charge in [-0.15, -0.1) is 0 Å². The Hall–Kier alpha value is 0.0700. The van der Waals surface area contributed by atoms with E-state index in [0.717, 1.165) is 24.6 Å². The molecule has 4 heteroatoms. The van der Waals surface area contributed by atoms with Crippen LogP contribution in [0, 0.1) is 5.92 Å². The van der Waals surface area contributed by atoms with E-state index in [4.69, 9.17) is 0 Å². The molecular weight excluding hydrogens is 268 g/mol. The third-order valence-electron chi connectivity index (χ3n) is 5.26. The van der Waals surface area contributed by atoms with Crippen LogP contribution in [-0.2, 0) is 10.8 Å². The average molecular weight is 301 g/mol. The molecule has 0 aromatic carbocycles. The Morgan fingerprint density at radius 1 is 1.30 bits per heavy atom. The molecule has 118 valence electrons. The van der Waals surface area contributed by atoms with Crippen molar-refractivity contribution in [3.63, 3.8) is 0 Å². The Morgan fingerprint density at radius 3 is 2.65 bits per heavy atom. The van der Waals surface area contributed by atoms with Crippen molar-refractivity contribution in [1.82, 2.24) is 10.2 Å². The fourth-order valence-corrected chi connectivity index (χ4v) is 4.55. The van der Waals surface area contributed by atoms with Gasteiger partial charge in [-0.2, -0.15) is 0 Å². The first-order chi connectivity index (χ1) is 9.58. The number of nitrogens with zero attached hydrogens (tertiary/aromatic N) is 1. The van der Waals surface area contributed by atoms with Gasteiger partial charge in [0, 0.05) is 54.0 Å². The molecule has 0 amide bonds. The van der Waals surface area contributed by atoms with Crippen LogP contribution in [-0.4, -0.2) is 52.3 Å². The summed E-state index contributed by atoms with van der Waals surface area (Å²) in [6.45, 7) is 6.93. The van der Waals surface area contributed by atoms with Crippen molar-refractivity contribution in [3.8, 4) is 0 Å². The molecular formula is C16H32N2OS. The minimum Gasteiger partial charge on any atom is -0.311 e. The molecule has 4 atom stereocenters. The first-order valence-electron chi connectivity index (χ1n) is 8.37. The van der Waals surface area contributed by atoms with Crippen molar-refractivity contribution in [3.05, 3.63) is 0 Å². The van der Waals surface area contributed by atoms with Crippen molar-refractivity contribution in [1.29, 1.82) is 0 Å². The van der Waals surface area contributed by atoms with E-state index in [0.29, 0.717) is 18.1 Å². The lowest BCUT2D eigenvalue weighted by Crippen LogP contribution is -2.60. The number of nitrogens with one attached hydrogen (secondary N) is 1. The zero-order chi connectivity index (χ0) is 14.5. The highest BCUT2D eigenvalue weighted by atomic mass is 32.2. The fourth-order valence-electron chi connectivity index (χ4n) is 3.88. The Kier molecular flexibility index (Phi) is 6.50. The Bertz CT molecular complexity index is 318. The SMILES string of the molecule is CC(CCS(C)=O)N1CC(C2CCCCC2)NCC1C. The molecule has 20 heavy (non-hydrogen) atoms. The lowest BCUT2D eigenvalue weighted by molar-refractivity contribution is 0.0710. The van der Waals surface area contributed by atoms with Crippen LogP contribution in [0.15, 0.2) is 0 Å². The maximum atomic E-state index is 11.3. The second-order valence-corrected chi connectivity index (χ2v) is 8.43. The smallest absolute Gasteiger partial charge is 0.0246 e. The van der Waals surface area contributed by atoms with Crippen LogP contribution < -0.4 is 5.32 Å². The van der Waals surface area contributed by atoms with Crippen LogP contribution in [0.1, 0.15) is 52.4 Å². The normalized spacial score (nSPS) is 33.0. The third kappa shape index (κ3) is 4.54. The summed E-state index contributed by atoms with van der Waals surface area (Å²) in [4.78, 5) is 2.66. The van der Waals surface area contributed by atoms with Crippen LogP contribution in [0.3, 0.4) is 0 Å². The van der Waals surface area contributed by atoms with Gasteiger partial charge in [-0.1, -0.05) is 19.3 Å². The molecule has 0 radical (unpaired) electrons. The Labute approximate surface area is 127 Å². The summed E-state index contributed by atoms with van der Waals surface area (Å²) in [6, 6.07) is 1.85. The van der Waals surface area contributed by atoms with E-state index in [1.807, 2.05) is 6.26 Å². The molecule has 2 fully saturated rings. The number of hydrogen-bond donors (Lipinski definition) is 1. The van der Waals surface area contributed by atoms with Crippen LogP contribution in [0.2, 0.25) is 0 Å². The molecule has 4 unspecified atom stereocenters. The summed E-state index contributed by atoms with van der Waals surface area (Å²) in [6.07, 6.45) is 9.97. The Morgan fingerprint density at radius 2 is 2.00 bits per heavy atom. The summed E-state index contributed by atoms with van der Waals surface area (Å²) in [7, 11) is -0.657. The van der Waals surface area contributed by atoms with Gasteiger partial charge in [0.15, 0.2) is 0 Å². The average Bonchev–Trinajstić information content (AvgIpc) is 2.46. The van der Waals surface area contributed by atoms with E-state index in [9.17, 15) is 4.21 Å². The van der Waals surface area contributed by atoms with E-state index in [2.05, 4.69) is 24.1 Å². The molecule has 1 aliphatic carbocycles. The zero-order valence-corrected chi connectivity index (χ0v) is 14.3. The number of piperazine rings is 1. The maximum absolute atomic E-state index is 11.3. The van der Waals surface area contributed by atoms with Crippen molar-refractivity contribution >= 4 is 10.8 Å². The van der Waals surface area contributed by atoms with E-state index in [1.165, 1.54) is 38.6 Å². The van der Waals surface area contributed by atoms with Crippen LogP contribution >= 0.6 is 0 Å². The van der Waals surface area contributed by atoms with Gasteiger partial charge in [-0.3, -0.25) is 9.11 Å². The molecule has 3 nitrogen and oxygen atoms in total. The molecule has 1 aliphatic heterocycles. The van der Waals surface area contributed by atoms with Crippen LogP contribution in [0.4, 0.5) is 0 Å².